The standard InChI is InChI=1S/C6H7N3O.ClH/c10-3-6-4-1-7-2-5(4)8-9-6;/h3,7H,1-2H2,(H,8,9);1H. The van der Waals surface area contributed by atoms with E-state index in [0.29, 0.717) is 5.69 Å². The summed E-state index contributed by atoms with van der Waals surface area (Å²) in [6.45, 7) is 1.57. The van der Waals surface area contributed by atoms with Crippen LogP contribution in [0, 0.1) is 0 Å². The summed E-state index contributed by atoms with van der Waals surface area (Å²) < 4.78 is 0. The summed E-state index contributed by atoms with van der Waals surface area (Å²) in [5.74, 6) is 0. The van der Waals surface area contributed by atoms with E-state index in [4.69, 9.17) is 0 Å². The molecule has 4 nitrogen and oxygen atoms in total. The molecule has 60 valence electrons. The fourth-order valence-corrected chi connectivity index (χ4v) is 1.17. The first-order valence-electron chi connectivity index (χ1n) is 3.14. The number of carbonyl (C=O) groups excluding carboxylic acids is 1. The molecule has 0 aromatic carbocycles. The van der Waals surface area contributed by atoms with Gasteiger partial charge < -0.3 is 5.32 Å². The molecule has 0 amide bonds. The number of rotatable bonds is 1. The highest BCUT2D eigenvalue weighted by molar-refractivity contribution is 5.85. The van der Waals surface area contributed by atoms with E-state index >= 15 is 0 Å². The fraction of sp³-hybridized carbons (Fsp3) is 0.333. The van der Waals surface area contributed by atoms with Crippen LogP contribution in [0.5, 0.6) is 0 Å². The lowest BCUT2D eigenvalue weighted by atomic mass is 10.2. The Morgan fingerprint density at radius 1 is 1.45 bits per heavy atom. The predicted molar refractivity (Wildman–Crippen MR) is 41.8 cm³/mol. The minimum absolute atomic E-state index is 0. The molecule has 2 heterocycles. The Morgan fingerprint density at radius 2 is 2.27 bits per heavy atom. The van der Waals surface area contributed by atoms with Crippen molar-refractivity contribution in [1.82, 2.24) is 15.5 Å². The number of halogens is 1. The number of nitrogens with one attached hydrogen (secondary N) is 2. The van der Waals surface area contributed by atoms with E-state index < -0.39 is 0 Å². The SMILES string of the molecule is Cl.O=Cc1n[nH]c2c1CNC2. The van der Waals surface area contributed by atoms with Crippen molar-refractivity contribution in [2.24, 2.45) is 0 Å². The van der Waals surface area contributed by atoms with Gasteiger partial charge in [-0.2, -0.15) is 5.10 Å². The van der Waals surface area contributed by atoms with Gasteiger partial charge >= 0.3 is 0 Å². The predicted octanol–water partition coefficient (Wildman–Crippen LogP) is 0.247. The fourth-order valence-electron chi connectivity index (χ4n) is 1.17. The summed E-state index contributed by atoms with van der Waals surface area (Å²) in [6, 6.07) is 0. The van der Waals surface area contributed by atoms with Gasteiger partial charge in [0.05, 0.1) is 5.69 Å². The van der Waals surface area contributed by atoms with Crippen LogP contribution in [0.1, 0.15) is 21.7 Å². The molecule has 1 aromatic heterocycles. The molecular formula is C6H8ClN3O. The normalized spacial score (nSPS) is 13.8. The van der Waals surface area contributed by atoms with E-state index in [1.165, 1.54) is 0 Å². The number of fused-ring (bicyclic) bond motifs is 1. The number of aromatic amines is 1. The first-order valence-corrected chi connectivity index (χ1v) is 3.14. The van der Waals surface area contributed by atoms with Crippen molar-refractivity contribution in [2.45, 2.75) is 13.1 Å². The number of aromatic nitrogens is 2. The Bertz CT molecular complexity index is 271. The lowest BCUT2D eigenvalue weighted by Gasteiger charge is -1.86. The van der Waals surface area contributed by atoms with Crippen LogP contribution in [0.2, 0.25) is 0 Å². The monoisotopic (exact) mass is 173 g/mol. The van der Waals surface area contributed by atoms with Crippen molar-refractivity contribution in [3.63, 3.8) is 0 Å². The summed E-state index contributed by atoms with van der Waals surface area (Å²) >= 11 is 0. The second-order valence-electron chi connectivity index (χ2n) is 2.29. The molecule has 0 saturated heterocycles. The second-order valence-corrected chi connectivity index (χ2v) is 2.29. The molecular weight excluding hydrogens is 166 g/mol. The number of hydrogen-bond acceptors (Lipinski definition) is 3. The minimum Gasteiger partial charge on any atom is -0.307 e. The van der Waals surface area contributed by atoms with Crippen LogP contribution in [0.3, 0.4) is 0 Å². The van der Waals surface area contributed by atoms with Crippen LogP contribution >= 0.6 is 12.4 Å². The Morgan fingerprint density at radius 3 is 3.00 bits per heavy atom. The second kappa shape index (κ2) is 3.02. The molecule has 1 aromatic rings. The summed E-state index contributed by atoms with van der Waals surface area (Å²) in [5.41, 5.74) is 2.61. The average molecular weight is 174 g/mol. The van der Waals surface area contributed by atoms with Gasteiger partial charge in [-0.05, 0) is 0 Å². The minimum atomic E-state index is 0. The zero-order chi connectivity index (χ0) is 6.97. The summed E-state index contributed by atoms with van der Waals surface area (Å²) in [5, 5.41) is 9.73. The van der Waals surface area contributed by atoms with Gasteiger partial charge in [-0.15, -0.1) is 12.4 Å². The van der Waals surface area contributed by atoms with E-state index in [0.717, 1.165) is 30.6 Å². The Hall–Kier alpha value is -0.870. The largest absolute Gasteiger partial charge is 0.307 e. The molecule has 2 N–H and O–H groups in total. The van der Waals surface area contributed by atoms with E-state index in [1.54, 1.807) is 0 Å². The summed E-state index contributed by atoms with van der Waals surface area (Å²) in [4.78, 5) is 10.3. The van der Waals surface area contributed by atoms with Crippen LogP contribution < -0.4 is 5.32 Å². The van der Waals surface area contributed by atoms with Gasteiger partial charge in [0.15, 0.2) is 6.29 Å². The molecule has 1 aliphatic rings. The first-order chi connectivity index (χ1) is 4.92. The summed E-state index contributed by atoms with van der Waals surface area (Å²) in [7, 11) is 0. The molecule has 11 heavy (non-hydrogen) atoms. The van der Waals surface area contributed by atoms with Crippen molar-refractivity contribution in [2.75, 3.05) is 0 Å². The van der Waals surface area contributed by atoms with Gasteiger partial charge in [-0.25, -0.2) is 0 Å². The Balaban J connectivity index is 0.000000605. The van der Waals surface area contributed by atoms with E-state index in [2.05, 4.69) is 15.5 Å². The van der Waals surface area contributed by atoms with Crippen molar-refractivity contribution < 1.29 is 4.79 Å². The van der Waals surface area contributed by atoms with Gasteiger partial charge in [-0.1, -0.05) is 0 Å². The third-order valence-corrected chi connectivity index (χ3v) is 1.70. The van der Waals surface area contributed by atoms with Crippen LogP contribution in [0.4, 0.5) is 0 Å². The van der Waals surface area contributed by atoms with Crippen LogP contribution in [0.25, 0.3) is 0 Å². The molecule has 2 rings (SSSR count). The Kier molecular flexibility index (Phi) is 2.26. The number of aldehydes is 1. The quantitative estimate of drug-likeness (QED) is 0.599. The molecule has 0 aliphatic carbocycles. The lowest BCUT2D eigenvalue weighted by Crippen LogP contribution is -2.03. The van der Waals surface area contributed by atoms with E-state index in [9.17, 15) is 4.79 Å². The molecule has 0 unspecified atom stereocenters. The smallest absolute Gasteiger partial charge is 0.170 e. The van der Waals surface area contributed by atoms with Gasteiger partial charge in [0.2, 0.25) is 0 Å². The molecule has 5 heteroatoms. The van der Waals surface area contributed by atoms with Crippen LogP contribution in [-0.4, -0.2) is 16.5 Å². The highest BCUT2D eigenvalue weighted by Gasteiger charge is 2.16. The van der Waals surface area contributed by atoms with Gasteiger partial charge in [0.25, 0.3) is 0 Å². The molecule has 1 aliphatic heterocycles. The van der Waals surface area contributed by atoms with Crippen molar-refractivity contribution in [3.05, 3.63) is 17.0 Å². The average Bonchev–Trinajstić information content (AvgIpc) is 2.44. The molecule has 0 bridgehead atoms. The third-order valence-electron chi connectivity index (χ3n) is 1.70. The summed E-state index contributed by atoms with van der Waals surface area (Å²) in [6.07, 6.45) is 0.780. The van der Waals surface area contributed by atoms with E-state index in [1.807, 2.05) is 0 Å². The highest BCUT2D eigenvalue weighted by Crippen LogP contribution is 2.14. The topological polar surface area (TPSA) is 57.8 Å². The number of H-pyrrole nitrogens is 1. The maximum Gasteiger partial charge on any atom is 0.170 e. The Labute approximate surface area is 69.8 Å². The van der Waals surface area contributed by atoms with Crippen LogP contribution in [0.15, 0.2) is 0 Å². The zero-order valence-corrected chi connectivity index (χ0v) is 6.57. The zero-order valence-electron chi connectivity index (χ0n) is 5.76. The van der Waals surface area contributed by atoms with Gasteiger partial charge in [0, 0.05) is 18.7 Å². The molecule has 0 atom stereocenters. The van der Waals surface area contributed by atoms with Crippen LogP contribution in [-0.2, 0) is 13.1 Å². The molecule has 0 saturated carbocycles. The van der Waals surface area contributed by atoms with Crippen molar-refractivity contribution in [3.8, 4) is 0 Å². The number of carbonyl (C=O) groups is 1. The maximum atomic E-state index is 10.3. The van der Waals surface area contributed by atoms with Crippen molar-refractivity contribution >= 4 is 18.7 Å². The van der Waals surface area contributed by atoms with Gasteiger partial charge in [0.1, 0.15) is 5.69 Å². The third kappa shape index (κ3) is 1.15. The lowest BCUT2D eigenvalue weighted by molar-refractivity contribution is 0.111. The maximum absolute atomic E-state index is 10.3. The van der Waals surface area contributed by atoms with Gasteiger partial charge in [-0.3, -0.25) is 9.89 Å². The number of hydrogen-bond donors (Lipinski definition) is 2. The van der Waals surface area contributed by atoms with Crippen molar-refractivity contribution in [1.29, 1.82) is 0 Å². The highest BCUT2D eigenvalue weighted by atomic mass is 35.5. The molecule has 0 fully saturated rings. The first kappa shape index (κ1) is 8.23. The van der Waals surface area contributed by atoms with E-state index in [-0.39, 0.29) is 12.4 Å². The molecule has 0 radical (unpaired) electrons. The molecule has 0 spiro atoms. The number of nitrogens with zero attached hydrogens (tertiary/aromatic N) is 1.